The lowest BCUT2D eigenvalue weighted by Gasteiger charge is -2.27. The number of aromatic hydroxyl groups is 1. The van der Waals surface area contributed by atoms with Crippen LogP contribution in [0.1, 0.15) is 26.3 Å². The van der Waals surface area contributed by atoms with E-state index in [4.69, 9.17) is 5.73 Å². The van der Waals surface area contributed by atoms with Crippen molar-refractivity contribution in [2.75, 3.05) is 5.75 Å². The maximum Gasteiger partial charge on any atom is 0.328 e. The number of rotatable bonds is 12. The number of nitrogens with two attached hydrogens (primary N) is 1. The van der Waals surface area contributed by atoms with Crippen LogP contribution in [0.4, 0.5) is 0 Å². The number of phenolic OH excluding ortho intramolecular Hbond substituents is 1. The van der Waals surface area contributed by atoms with Crippen molar-refractivity contribution in [2.45, 2.75) is 57.5 Å². The van der Waals surface area contributed by atoms with E-state index in [1.807, 2.05) is 0 Å². The van der Waals surface area contributed by atoms with E-state index in [1.54, 1.807) is 26.0 Å². The van der Waals surface area contributed by atoms with Crippen LogP contribution in [-0.4, -0.2) is 75.0 Å². The van der Waals surface area contributed by atoms with Gasteiger partial charge in [0, 0.05) is 12.2 Å². The van der Waals surface area contributed by atoms with E-state index in [9.17, 15) is 34.5 Å². The zero-order valence-corrected chi connectivity index (χ0v) is 19.6. The first kappa shape index (κ1) is 28.2. The Bertz CT molecular complexity index is 832. The topological polar surface area (TPSA) is 191 Å². The van der Waals surface area contributed by atoms with Crippen LogP contribution in [0.2, 0.25) is 0 Å². The molecule has 0 bridgehead atoms. The van der Waals surface area contributed by atoms with Gasteiger partial charge in [0.15, 0.2) is 6.04 Å². The molecule has 0 aliphatic rings. The number of aliphatic hydroxyl groups is 1. The van der Waals surface area contributed by atoms with Gasteiger partial charge in [-0.05, 0) is 30.5 Å². The number of carbonyl (C=O) groups is 4. The van der Waals surface area contributed by atoms with Crippen LogP contribution in [-0.2, 0) is 25.6 Å². The van der Waals surface area contributed by atoms with Crippen molar-refractivity contribution < 1.29 is 34.5 Å². The Morgan fingerprint density at radius 3 is 1.94 bits per heavy atom. The highest BCUT2D eigenvalue weighted by Gasteiger charge is 2.33. The van der Waals surface area contributed by atoms with E-state index >= 15 is 0 Å². The Morgan fingerprint density at radius 2 is 1.48 bits per heavy atom. The van der Waals surface area contributed by atoms with E-state index in [0.717, 1.165) is 0 Å². The largest absolute Gasteiger partial charge is 0.508 e. The zero-order valence-electron chi connectivity index (χ0n) is 18.7. The molecule has 0 aromatic heterocycles. The fourth-order valence-electron chi connectivity index (χ4n) is 2.86. The minimum Gasteiger partial charge on any atom is -0.508 e. The summed E-state index contributed by atoms with van der Waals surface area (Å²) in [6, 6.07) is 1.23. The average molecular weight is 485 g/mol. The Labute approximate surface area is 197 Å². The lowest BCUT2D eigenvalue weighted by Crippen LogP contribution is -2.60. The van der Waals surface area contributed by atoms with Crippen molar-refractivity contribution in [2.24, 2.45) is 11.7 Å². The number of carbonyl (C=O) groups excluding carboxylic acids is 3. The summed E-state index contributed by atoms with van der Waals surface area (Å²) in [4.78, 5) is 49.3. The molecule has 8 N–H and O–H groups in total. The summed E-state index contributed by atoms with van der Waals surface area (Å²) in [6.45, 7) is 4.51. The van der Waals surface area contributed by atoms with Crippen LogP contribution in [0, 0.1) is 5.92 Å². The van der Waals surface area contributed by atoms with Crippen LogP contribution >= 0.6 is 12.6 Å². The third-order valence-electron chi connectivity index (χ3n) is 4.84. The Morgan fingerprint density at radius 1 is 0.939 bits per heavy atom. The predicted octanol–water partition coefficient (Wildman–Crippen LogP) is -1.23. The number of carboxylic acids is 1. The first-order valence-corrected chi connectivity index (χ1v) is 11.0. The molecule has 3 amide bonds. The molecule has 11 nitrogen and oxygen atoms in total. The van der Waals surface area contributed by atoms with Gasteiger partial charge in [-0.15, -0.1) is 0 Å². The molecule has 1 rings (SSSR count). The highest BCUT2D eigenvalue weighted by Crippen LogP contribution is 2.12. The third-order valence-corrected chi connectivity index (χ3v) is 5.23. The van der Waals surface area contributed by atoms with E-state index in [2.05, 4.69) is 28.6 Å². The first-order valence-electron chi connectivity index (χ1n) is 10.3. The van der Waals surface area contributed by atoms with Crippen molar-refractivity contribution in [3.05, 3.63) is 29.8 Å². The molecule has 5 atom stereocenters. The maximum absolute atomic E-state index is 13.1. The SMILES string of the molecule is CC(C)C(NC(=O)C(Cc1ccc(O)cc1)NC(=O)C(N)CS)C(=O)NC(C(=O)O)C(C)O. The second-order valence-electron chi connectivity index (χ2n) is 8.02. The summed E-state index contributed by atoms with van der Waals surface area (Å²) in [5, 5.41) is 35.6. The van der Waals surface area contributed by atoms with Crippen molar-refractivity contribution in [1.82, 2.24) is 16.0 Å². The lowest BCUT2D eigenvalue weighted by atomic mass is 10.00. The van der Waals surface area contributed by atoms with Gasteiger partial charge in [0.1, 0.15) is 17.8 Å². The molecule has 0 aliphatic carbocycles. The van der Waals surface area contributed by atoms with Crippen LogP contribution in [0.5, 0.6) is 5.75 Å². The molecular weight excluding hydrogens is 452 g/mol. The number of phenols is 1. The highest BCUT2D eigenvalue weighted by molar-refractivity contribution is 7.80. The summed E-state index contributed by atoms with van der Waals surface area (Å²) in [5.74, 6) is -3.90. The van der Waals surface area contributed by atoms with Gasteiger partial charge >= 0.3 is 5.97 Å². The molecule has 0 saturated carbocycles. The molecule has 5 unspecified atom stereocenters. The zero-order chi connectivity index (χ0) is 25.3. The van der Waals surface area contributed by atoms with Crippen molar-refractivity contribution in [1.29, 1.82) is 0 Å². The normalized spacial score (nSPS) is 15.6. The standard InChI is InChI=1S/C21H32N4O7S/c1-10(2)16(20(30)25-17(11(3)26)21(31)32)24-19(29)15(23-18(28)14(22)9-33)8-12-4-6-13(27)7-5-12/h4-7,10-11,14-17,26-27,33H,8-9,22H2,1-3H3,(H,23,28)(H,24,29)(H,25,30)(H,31,32). The third kappa shape index (κ3) is 8.91. The molecule has 0 spiro atoms. The molecule has 12 heteroatoms. The smallest absolute Gasteiger partial charge is 0.328 e. The maximum atomic E-state index is 13.1. The van der Waals surface area contributed by atoms with Gasteiger partial charge in [0.2, 0.25) is 17.7 Å². The number of aliphatic hydroxyl groups excluding tert-OH is 1. The average Bonchev–Trinajstić information content (AvgIpc) is 2.74. The Hall–Kier alpha value is -2.83. The molecular formula is C21H32N4O7S. The van der Waals surface area contributed by atoms with Gasteiger partial charge in [0.05, 0.1) is 12.1 Å². The van der Waals surface area contributed by atoms with Crippen LogP contribution in [0.25, 0.3) is 0 Å². The molecule has 1 aromatic rings. The Balaban J connectivity index is 3.08. The van der Waals surface area contributed by atoms with E-state index in [-0.39, 0.29) is 17.9 Å². The fourth-order valence-corrected chi connectivity index (χ4v) is 3.03. The summed E-state index contributed by atoms with van der Waals surface area (Å²) in [5.41, 5.74) is 6.31. The second-order valence-corrected chi connectivity index (χ2v) is 8.38. The molecule has 1 aromatic carbocycles. The number of carboxylic acid groups (broad SMARTS) is 1. The van der Waals surface area contributed by atoms with Crippen molar-refractivity contribution >= 4 is 36.3 Å². The number of amides is 3. The lowest BCUT2D eigenvalue weighted by molar-refractivity contribution is -0.145. The van der Waals surface area contributed by atoms with Gasteiger partial charge in [-0.3, -0.25) is 14.4 Å². The summed E-state index contributed by atoms with van der Waals surface area (Å²) < 4.78 is 0. The molecule has 0 radical (unpaired) electrons. The number of hydrogen-bond acceptors (Lipinski definition) is 8. The summed E-state index contributed by atoms with van der Waals surface area (Å²) in [7, 11) is 0. The number of thiol groups is 1. The molecule has 0 fully saturated rings. The molecule has 33 heavy (non-hydrogen) atoms. The van der Waals surface area contributed by atoms with Crippen molar-refractivity contribution in [3.8, 4) is 5.75 Å². The molecule has 184 valence electrons. The number of benzene rings is 1. The van der Waals surface area contributed by atoms with Gasteiger partial charge in [-0.2, -0.15) is 12.6 Å². The van der Waals surface area contributed by atoms with Gasteiger partial charge in [0.25, 0.3) is 0 Å². The first-order chi connectivity index (χ1) is 15.4. The van der Waals surface area contributed by atoms with E-state index in [1.165, 1.54) is 19.1 Å². The van der Waals surface area contributed by atoms with Crippen LogP contribution < -0.4 is 21.7 Å². The molecule has 0 heterocycles. The van der Waals surface area contributed by atoms with Crippen molar-refractivity contribution in [3.63, 3.8) is 0 Å². The van der Waals surface area contributed by atoms with Gasteiger partial charge < -0.3 is 37.0 Å². The minimum atomic E-state index is -1.56. The predicted molar refractivity (Wildman–Crippen MR) is 124 cm³/mol. The highest BCUT2D eigenvalue weighted by atomic mass is 32.1. The van der Waals surface area contributed by atoms with Gasteiger partial charge in [-0.25, -0.2) is 4.79 Å². The Kier molecular flexibility index (Phi) is 11.1. The van der Waals surface area contributed by atoms with E-state index < -0.39 is 59.9 Å². The number of nitrogens with one attached hydrogen (secondary N) is 3. The monoisotopic (exact) mass is 484 g/mol. The molecule has 0 saturated heterocycles. The summed E-state index contributed by atoms with van der Waals surface area (Å²) in [6.07, 6.45) is -1.33. The van der Waals surface area contributed by atoms with E-state index in [0.29, 0.717) is 5.56 Å². The second kappa shape index (κ2) is 13.0. The fraction of sp³-hybridized carbons (Fsp3) is 0.524. The van der Waals surface area contributed by atoms with Crippen LogP contribution in [0.3, 0.4) is 0 Å². The summed E-state index contributed by atoms with van der Waals surface area (Å²) >= 11 is 3.98. The number of hydrogen-bond donors (Lipinski definition) is 8. The number of aliphatic carboxylic acids is 1. The van der Waals surface area contributed by atoms with Gasteiger partial charge in [-0.1, -0.05) is 26.0 Å². The van der Waals surface area contributed by atoms with Crippen LogP contribution in [0.15, 0.2) is 24.3 Å². The molecule has 0 aliphatic heterocycles. The minimum absolute atomic E-state index is 0.0310. The quantitative estimate of drug-likeness (QED) is 0.169.